The number of carbonyl (C=O) groups is 2. The van der Waals surface area contributed by atoms with Gasteiger partial charge in [0.15, 0.2) is 6.61 Å². The number of ether oxygens (including phenoxy) is 1. The van der Waals surface area contributed by atoms with Gasteiger partial charge in [-0.3, -0.25) is 24.7 Å². The standard InChI is InChI=1S/C13H9FN4O7/c14-8-2-1-6(18(23)24)3-9(8)16-10(19)5-25-12(21)7-4-15-13(22)17-11(7)20/h1-4H,5H2,(H,16,19)(H2,15,17,20,22). The van der Waals surface area contributed by atoms with E-state index in [-0.39, 0.29) is 0 Å². The Morgan fingerprint density at radius 2 is 2.04 bits per heavy atom. The van der Waals surface area contributed by atoms with Crippen LogP contribution in [0.2, 0.25) is 0 Å². The van der Waals surface area contributed by atoms with Crippen molar-refractivity contribution in [1.82, 2.24) is 9.97 Å². The van der Waals surface area contributed by atoms with Crippen LogP contribution in [0.3, 0.4) is 0 Å². The molecule has 0 spiro atoms. The quantitative estimate of drug-likeness (QED) is 0.384. The van der Waals surface area contributed by atoms with Gasteiger partial charge >= 0.3 is 11.7 Å². The van der Waals surface area contributed by atoms with E-state index in [0.29, 0.717) is 0 Å². The second-order valence-corrected chi connectivity index (χ2v) is 4.53. The molecule has 2 rings (SSSR count). The maximum atomic E-state index is 13.5. The number of aromatic amines is 2. The van der Waals surface area contributed by atoms with Crippen molar-refractivity contribution in [3.8, 4) is 0 Å². The molecule has 0 fully saturated rings. The highest BCUT2D eigenvalue weighted by atomic mass is 19.1. The Morgan fingerprint density at radius 3 is 2.68 bits per heavy atom. The van der Waals surface area contributed by atoms with Gasteiger partial charge in [-0.1, -0.05) is 0 Å². The maximum absolute atomic E-state index is 13.5. The number of hydrogen-bond donors (Lipinski definition) is 3. The summed E-state index contributed by atoms with van der Waals surface area (Å²) in [5.74, 6) is -3.12. The molecule has 0 atom stereocenters. The fraction of sp³-hybridized carbons (Fsp3) is 0.0769. The maximum Gasteiger partial charge on any atom is 0.345 e. The number of halogens is 1. The molecule has 130 valence electrons. The van der Waals surface area contributed by atoms with Gasteiger partial charge in [-0.2, -0.15) is 0 Å². The Balaban J connectivity index is 2.02. The predicted octanol–water partition coefficient (Wildman–Crippen LogP) is -0.0940. The first-order valence-corrected chi connectivity index (χ1v) is 6.51. The lowest BCUT2D eigenvalue weighted by molar-refractivity contribution is -0.384. The zero-order valence-corrected chi connectivity index (χ0v) is 12.2. The van der Waals surface area contributed by atoms with E-state index in [1.54, 1.807) is 4.98 Å². The van der Waals surface area contributed by atoms with Crippen molar-refractivity contribution in [2.45, 2.75) is 0 Å². The molecule has 1 heterocycles. The number of amides is 1. The number of esters is 1. The molecular formula is C13H9FN4O7. The van der Waals surface area contributed by atoms with Crippen LogP contribution in [-0.2, 0) is 9.53 Å². The Kier molecular flexibility index (Phi) is 5.02. The van der Waals surface area contributed by atoms with E-state index < -0.39 is 57.4 Å². The molecule has 2 aromatic rings. The topological polar surface area (TPSA) is 164 Å². The highest BCUT2D eigenvalue weighted by molar-refractivity contribution is 5.95. The Labute approximate surface area is 136 Å². The molecule has 12 heteroatoms. The number of nitrogens with zero attached hydrogens (tertiary/aromatic N) is 1. The van der Waals surface area contributed by atoms with Gasteiger partial charge < -0.3 is 15.0 Å². The molecule has 0 aliphatic rings. The van der Waals surface area contributed by atoms with Crippen molar-refractivity contribution in [1.29, 1.82) is 0 Å². The van der Waals surface area contributed by atoms with Crippen molar-refractivity contribution in [2.75, 3.05) is 11.9 Å². The number of hydrogen-bond acceptors (Lipinski definition) is 7. The van der Waals surface area contributed by atoms with Gasteiger partial charge in [-0.15, -0.1) is 0 Å². The number of nitro groups is 1. The summed E-state index contributed by atoms with van der Waals surface area (Å²) >= 11 is 0. The minimum absolute atomic E-state index is 0.450. The number of nitrogens with one attached hydrogen (secondary N) is 3. The SMILES string of the molecule is O=C(COC(=O)c1c[nH]c(=O)[nH]c1=O)Nc1cc([N+](=O)[O-])ccc1F. The van der Waals surface area contributed by atoms with E-state index in [4.69, 9.17) is 0 Å². The van der Waals surface area contributed by atoms with E-state index in [1.807, 2.05) is 10.3 Å². The number of non-ortho nitro benzene ring substituents is 1. The third-order valence-corrected chi connectivity index (χ3v) is 2.81. The van der Waals surface area contributed by atoms with Crippen LogP contribution >= 0.6 is 0 Å². The third-order valence-electron chi connectivity index (χ3n) is 2.81. The van der Waals surface area contributed by atoms with Gasteiger partial charge in [0.05, 0.1) is 10.6 Å². The second kappa shape index (κ2) is 7.16. The number of carbonyl (C=O) groups excluding carboxylic acids is 2. The van der Waals surface area contributed by atoms with Crippen molar-refractivity contribution in [3.63, 3.8) is 0 Å². The molecule has 25 heavy (non-hydrogen) atoms. The minimum atomic E-state index is -1.20. The number of anilines is 1. The molecule has 0 radical (unpaired) electrons. The molecule has 0 unspecified atom stereocenters. The third kappa shape index (κ3) is 4.34. The second-order valence-electron chi connectivity index (χ2n) is 4.53. The summed E-state index contributed by atoms with van der Waals surface area (Å²) in [5, 5.41) is 12.6. The lowest BCUT2D eigenvalue weighted by atomic mass is 10.2. The lowest BCUT2D eigenvalue weighted by Gasteiger charge is -2.07. The van der Waals surface area contributed by atoms with E-state index in [1.165, 1.54) is 0 Å². The van der Waals surface area contributed by atoms with E-state index in [9.17, 15) is 33.7 Å². The average Bonchev–Trinajstić information content (AvgIpc) is 2.54. The zero-order valence-electron chi connectivity index (χ0n) is 12.2. The molecule has 1 aromatic heterocycles. The molecule has 0 aliphatic carbocycles. The monoisotopic (exact) mass is 352 g/mol. The van der Waals surface area contributed by atoms with Crippen LogP contribution in [0.15, 0.2) is 34.0 Å². The van der Waals surface area contributed by atoms with Crippen LogP contribution in [0.5, 0.6) is 0 Å². The van der Waals surface area contributed by atoms with Crippen LogP contribution in [0, 0.1) is 15.9 Å². The summed E-state index contributed by atoms with van der Waals surface area (Å²) in [6.07, 6.45) is 0.807. The lowest BCUT2D eigenvalue weighted by Crippen LogP contribution is -2.29. The highest BCUT2D eigenvalue weighted by Crippen LogP contribution is 2.21. The molecule has 1 aromatic carbocycles. The summed E-state index contributed by atoms with van der Waals surface area (Å²) < 4.78 is 18.1. The van der Waals surface area contributed by atoms with Crippen molar-refractivity contribution < 1.29 is 23.6 Å². The molecule has 0 saturated carbocycles. The Bertz CT molecular complexity index is 965. The molecule has 0 saturated heterocycles. The first-order chi connectivity index (χ1) is 11.8. The van der Waals surface area contributed by atoms with Crippen LogP contribution in [0.25, 0.3) is 0 Å². The Hall–Kier alpha value is -3.83. The van der Waals surface area contributed by atoms with Crippen LogP contribution in [-0.4, -0.2) is 33.4 Å². The van der Waals surface area contributed by atoms with E-state index in [0.717, 1.165) is 24.4 Å². The molecule has 1 amide bonds. The van der Waals surface area contributed by atoms with Crippen LogP contribution in [0.4, 0.5) is 15.8 Å². The molecule has 0 bridgehead atoms. The summed E-state index contributed by atoms with van der Waals surface area (Å²) in [6.45, 7) is -0.889. The van der Waals surface area contributed by atoms with Crippen LogP contribution < -0.4 is 16.6 Å². The summed E-state index contributed by atoms with van der Waals surface area (Å²) in [6, 6.07) is 2.49. The van der Waals surface area contributed by atoms with Gasteiger partial charge in [0.1, 0.15) is 11.4 Å². The Morgan fingerprint density at radius 1 is 1.32 bits per heavy atom. The van der Waals surface area contributed by atoms with Gasteiger partial charge in [-0.05, 0) is 6.07 Å². The van der Waals surface area contributed by atoms with E-state index in [2.05, 4.69) is 4.74 Å². The highest BCUT2D eigenvalue weighted by Gasteiger charge is 2.16. The van der Waals surface area contributed by atoms with Gasteiger partial charge in [0.25, 0.3) is 17.2 Å². The summed E-state index contributed by atoms with van der Waals surface area (Å²) in [5.41, 5.74) is -3.32. The van der Waals surface area contributed by atoms with Gasteiger partial charge in [0.2, 0.25) is 0 Å². The molecule has 3 N–H and O–H groups in total. The number of H-pyrrole nitrogens is 2. The normalized spacial score (nSPS) is 10.1. The fourth-order valence-corrected chi connectivity index (χ4v) is 1.68. The molecule has 11 nitrogen and oxygen atoms in total. The van der Waals surface area contributed by atoms with Gasteiger partial charge in [0, 0.05) is 18.3 Å². The molecule has 0 aliphatic heterocycles. The smallest absolute Gasteiger partial charge is 0.345 e. The van der Waals surface area contributed by atoms with Crippen molar-refractivity contribution in [2.24, 2.45) is 0 Å². The van der Waals surface area contributed by atoms with Crippen LogP contribution in [0.1, 0.15) is 10.4 Å². The largest absolute Gasteiger partial charge is 0.452 e. The first-order valence-electron chi connectivity index (χ1n) is 6.51. The summed E-state index contributed by atoms with van der Waals surface area (Å²) in [7, 11) is 0. The fourth-order valence-electron chi connectivity index (χ4n) is 1.68. The first kappa shape index (κ1) is 17.5. The summed E-state index contributed by atoms with van der Waals surface area (Å²) in [4.78, 5) is 59.2. The number of benzene rings is 1. The van der Waals surface area contributed by atoms with Gasteiger partial charge in [-0.25, -0.2) is 14.0 Å². The number of aromatic nitrogens is 2. The number of rotatable bonds is 5. The number of nitro benzene ring substituents is 1. The van der Waals surface area contributed by atoms with Crippen molar-refractivity contribution >= 4 is 23.3 Å². The molecular weight excluding hydrogens is 343 g/mol. The zero-order chi connectivity index (χ0) is 18.6. The predicted molar refractivity (Wildman–Crippen MR) is 79.7 cm³/mol. The van der Waals surface area contributed by atoms with E-state index >= 15 is 0 Å². The average molecular weight is 352 g/mol. The van der Waals surface area contributed by atoms with Crippen molar-refractivity contribution in [3.05, 3.63) is 66.7 Å². The minimum Gasteiger partial charge on any atom is -0.452 e.